The minimum atomic E-state index is -0.260. The Hall–Kier alpha value is -3.14. The van der Waals surface area contributed by atoms with Gasteiger partial charge in [-0.3, -0.25) is 4.99 Å². The van der Waals surface area contributed by atoms with Gasteiger partial charge < -0.3 is 10.6 Å². The molecule has 1 aliphatic rings. The molecule has 4 nitrogen and oxygen atoms in total. The van der Waals surface area contributed by atoms with Gasteiger partial charge in [0.25, 0.3) is 0 Å². The van der Waals surface area contributed by atoms with Gasteiger partial charge in [0.1, 0.15) is 0 Å². The predicted octanol–water partition coefficient (Wildman–Crippen LogP) is 5.13. The summed E-state index contributed by atoms with van der Waals surface area (Å²) in [6.07, 6.45) is 0.888. The standard InChI is InChI=1S/C20H17N3O/c1-13-10-16-7-9-18(12-19(16)21-13)23-20(24)22-17-8-6-14-4-2-3-5-15(14)11-17/h2-9,11-12H,10H2,1H3,(H2,22,23,24). The number of benzene rings is 3. The number of hydrogen-bond donors (Lipinski definition) is 2. The molecule has 3 aromatic carbocycles. The van der Waals surface area contributed by atoms with E-state index in [0.717, 1.165) is 40.0 Å². The molecule has 4 heteroatoms. The van der Waals surface area contributed by atoms with Gasteiger partial charge in [0.2, 0.25) is 0 Å². The normalized spacial score (nSPS) is 12.6. The van der Waals surface area contributed by atoms with Gasteiger partial charge in [-0.25, -0.2) is 4.79 Å². The van der Waals surface area contributed by atoms with E-state index in [0.29, 0.717) is 0 Å². The highest BCUT2D eigenvalue weighted by Gasteiger charge is 2.12. The summed E-state index contributed by atoms with van der Waals surface area (Å²) in [4.78, 5) is 16.7. The van der Waals surface area contributed by atoms with E-state index in [1.54, 1.807) is 0 Å². The quantitative estimate of drug-likeness (QED) is 0.676. The van der Waals surface area contributed by atoms with E-state index < -0.39 is 0 Å². The van der Waals surface area contributed by atoms with Crippen molar-refractivity contribution in [3.63, 3.8) is 0 Å². The van der Waals surface area contributed by atoms with E-state index >= 15 is 0 Å². The highest BCUT2D eigenvalue weighted by molar-refractivity contribution is 6.02. The van der Waals surface area contributed by atoms with Crippen LogP contribution in [0.25, 0.3) is 10.8 Å². The molecule has 0 fully saturated rings. The molecule has 0 aliphatic carbocycles. The van der Waals surface area contributed by atoms with Crippen LogP contribution in [0.3, 0.4) is 0 Å². The predicted molar refractivity (Wildman–Crippen MR) is 99.5 cm³/mol. The minimum absolute atomic E-state index is 0.260. The third-order valence-electron chi connectivity index (χ3n) is 4.11. The average molecular weight is 315 g/mol. The highest BCUT2D eigenvalue weighted by atomic mass is 16.2. The van der Waals surface area contributed by atoms with Gasteiger partial charge in [0.05, 0.1) is 5.69 Å². The smallest absolute Gasteiger partial charge is 0.308 e. The Labute approximate surface area is 140 Å². The fraction of sp³-hybridized carbons (Fsp3) is 0.100. The molecule has 3 aromatic rings. The first-order valence-electron chi connectivity index (χ1n) is 7.91. The van der Waals surface area contributed by atoms with Crippen molar-refractivity contribution in [1.82, 2.24) is 0 Å². The topological polar surface area (TPSA) is 53.5 Å². The lowest BCUT2D eigenvalue weighted by molar-refractivity contribution is 0.262. The summed E-state index contributed by atoms with van der Waals surface area (Å²) < 4.78 is 0. The molecule has 0 bridgehead atoms. The second-order valence-electron chi connectivity index (χ2n) is 6.01. The number of amides is 2. The van der Waals surface area contributed by atoms with Crippen LogP contribution in [0.4, 0.5) is 21.9 Å². The molecule has 0 aromatic heterocycles. The molecule has 24 heavy (non-hydrogen) atoms. The van der Waals surface area contributed by atoms with Crippen LogP contribution in [0, 0.1) is 0 Å². The number of nitrogens with one attached hydrogen (secondary N) is 2. The lowest BCUT2D eigenvalue weighted by atomic mass is 10.1. The molecule has 0 spiro atoms. The van der Waals surface area contributed by atoms with E-state index in [4.69, 9.17) is 0 Å². The lowest BCUT2D eigenvalue weighted by Gasteiger charge is -2.09. The van der Waals surface area contributed by atoms with Gasteiger partial charge in [0.15, 0.2) is 0 Å². The Morgan fingerprint density at radius 2 is 1.62 bits per heavy atom. The molecule has 0 unspecified atom stereocenters. The molecule has 0 radical (unpaired) electrons. The number of fused-ring (bicyclic) bond motifs is 2. The first kappa shape index (κ1) is 14.5. The van der Waals surface area contributed by atoms with Gasteiger partial charge in [-0.2, -0.15) is 0 Å². The van der Waals surface area contributed by atoms with Gasteiger partial charge in [0, 0.05) is 23.5 Å². The first-order valence-corrected chi connectivity index (χ1v) is 7.91. The molecule has 1 aliphatic heterocycles. The maximum atomic E-state index is 12.2. The average Bonchev–Trinajstić information content (AvgIpc) is 2.94. The summed E-state index contributed by atoms with van der Waals surface area (Å²) in [5.41, 5.74) is 4.75. The number of hydrogen-bond acceptors (Lipinski definition) is 2. The zero-order valence-electron chi connectivity index (χ0n) is 13.3. The number of carbonyl (C=O) groups excluding carboxylic acids is 1. The van der Waals surface area contributed by atoms with Gasteiger partial charge in [-0.1, -0.05) is 36.4 Å². The molecular weight excluding hydrogens is 298 g/mol. The summed E-state index contributed by atoms with van der Waals surface area (Å²) in [5, 5.41) is 7.98. The second-order valence-corrected chi connectivity index (χ2v) is 6.01. The van der Waals surface area contributed by atoms with Crippen molar-refractivity contribution in [1.29, 1.82) is 0 Å². The van der Waals surface area contributed by atoms with Crippen LogP contribution in [0.5, 0.6) is 0 Å². The Bertz CT molecular complexity index is 976. The van der Waals surface area contributed by atoms with Crippen LogP contribution < -0.4 is 10.6 Å². The van der Waals surface area contributed by atoms with Crippen LogP contribution in [0.1, 0.15) is 12.5 Å². The van der Waals surface area contributed by atoms with Crippen molar-refractivity contribution in [2.24, 2.45) is 4.99 Å². The summed E-state index contributed by atoms with van der Waals surface area (Å²) >= 11 is 0. The van der Waals surface area contributed by atoms with E-state index in [1.165, 1.54) is 5.56 Å². The third-order valence-corrected chi connectivity index (χ3v) is 4.11. The van der Waals surface area contributed by atoms with E-state index in [2.05, 4.69) is 15.6 Å². The zero-order valence-corrected chi connectivity index (χ0v) is 13.3. The third kappa shape index (κ3) is 2.86. The molecular formula is C20H17N3O. The monoisotopic (exact) mass is 315 g/mol. The fourth-order valence-corrected chi connectivity index (χ4v) is 2.98. The van der Waals surface area contributed by atoms with E-state index in [1.807, 2.05) is 67.6 Å². The van der Waals surface area contributed by atoms with Crippen LogP contribution in [0.15, 0.2) is 65.7 Å². The maximum Gasteiger partial charge on any atom is 0.323 e. The molecule has 2 amide bonds. The Morgan fingerprint density at radius 3 is 2.46 bits per heavy atom. The van der Waals surface area contributed by atoms with Crippen LogP contribution in [-0.4, -0.2) is 11.7 Å². The molecule has 1 heterocycles. The van der Waals surface area contributed by atoms with Crippen molar-refractivity contribution < 1.29 is 4.79 Å². The highest BCUT2D eigenvalue weighted by Crippen LogP contribution is 2.29. The first-order chi connectivity index (χ1) is 11.7. The van der Waals surface area contributed by atoms with Crippen molar-refractivity contribution in [2.45, 2.75) is 13.3 Å². The maximum absolute atomic E-state index is 12.2. The summed E-state index contributed by atoms with van der Waals surface area (Å²) in [7, 11) is 0. The fourth-order valence-electron chi connectivity index (χ4n) is 2.98. The van der Waals surface area contributed by atoms with Crippen molar-refractivity contribution in [3.8, 4) is 0 Å². The van der Waals surface area contributed by atoms with Crippen molar-refractivity contribution in [3.05, 3.63) is 66.2 Å². The van der Waals surface area contributed by atoms with E-state index in [9.17, 15) is 4.79 Å². The Morgan fingerprint density at radius 1 is 0.917 bits per heavy atom. The minimum Gasteiger partial charge on any atom is -0.308 e. The molecule has 118 valence electrons. The number of rotatable bonds is 2. The molecule has 0 saturated heterocycles. The van der Waals surface area contributed by atoms with E-state index in [-0.39, 0.29) is 6.03 Å². The SMILES string of the molecule is CC1=Nc2cc(NC(=O)Nc3ccc4ccccc4c3)ccc2C1. The van der Waals surface area contributed by atoms with Crippen LogP contribution in [-0.2, 0) is 6.42 Å². The second kappa shape index (κ2) is 5.81. The number of urea groups is 1. The van der Waals surface area contributed by atoms with Crippen molar-refractivity contribution in [2.75, 3.05) is 10.6 Å². The Balaban J connectivity index is 1.49. The number of carbonyl (C=O) groups is 1. The number of nitrogens with zero attached hydrogens (tertiary/aromatic N) is 1. The summed E-state index contributed by atoms with van der Waals surface area (Å²) in [5.74, 6) is 0. The molecule has 0 atom stereocenters. The molecule has 0 saturated carbocycles. The Kier molecular flexibility index (Phi) is 3.50. The van der Waals surface area contributed by atoms with Gasteiger partial charge in [-0.15, -0.1) is 0 Å². The largest absolute Gasteiger partial charge is 0.323 e. The van der Waals surface area contributed by atoms with Gasteiger partial charge >= 0.3 is 6.03 Å². The molecule has 2 N–H and O–H groups in total. The zero-order chi connectivity index (χ0) is 16.5. The van der Waals surface area contributed by atoms with Crippen molar-refractivity contribution >= 4 is 39.6 Å². The van der Waals surface area contributed by atoms with Crippen LogP contribution in [0.2, 0.25) is 0 Å². The number of anilines is 2. The summed E-state index contributed by atoms with van der Waals surface area (Å²) in [6, 6.07) is 19.5. The van der Waals surface area contributed by atoms with Crippen LogP contribution >= 0.6 is 0 Å². The summed E-state index contributed by atoms with van der Waals surface area (Å²) in [6.45, 7) is 2.01. The van der Waals surface area contributed by atoms with Gasteiger partial charge in [-0.05, 0) is 47.5 Å². The molecule has 4 rings (SSSR count). The lowest BCUT2D eigenvalue weighted by Crippen LogP contribution is -2.19. The number of aliphatic imine (C=N–C) groups is 1.